The quantitative estimate of drug-likeness (QED) is 0.418. The molecule has 1 heterocycles. The maximum Gasteiger partial charge on any atom is 0.407 e. The van der Waals surface area contributed by atoms with Crippen LogP contribution in [0.2, 0.25) is 0 Å². The standard InChI is InChI=1S/C24H24N4O5/c1-14(22(29)28-21(23(30)31)10-15-11-25-13-26-15)27-24(32)33-12-20-18-8-4-2-6-16(18)17-7-3-5-9-19(17)20/h2-9,11,13-14,20-21H,10,12H2,1H3,(H,25,26)(H,27,32)(H,28,29)(H,30,31)/t14?,21-/m1/s1. The summed E-state index contributed by atoms with van der Waals surface area (Å²) in [6, 6.07) is 13.8. The summed E-state index contributed by atoms with van der Waals surface area (Å²) in [5.41, 5.74) is 4.97. The molecular weight excluding hydrogens is 424 g/mol. The molecule has 0 saturated carbocycles. The number of carbonyl (C=O) groups excluding carboxylic acids is 2. The molecule has 0 aliphatic heterocycles. The second kappa shape index (κ2) is 9.56. The maximum absolute atomic E-state index is 12.4. The SMILES string of the molecule is CC(NC(=O)OCC1c2ccccc2-c2ccccc21)C(=O)N[C@H](Cc1cnc[nH]1)C(=O)O. The number of carboxylic acids is 1. The first-order valence-corrected chi connectivity index (χ1v) is 10.6. The largest absolute Gasteiger partial charge is 0.480 e. The number of aromatic nitrogens is 2. The molecule has 2 amide bonds. The lowest BCUT2D eigenvalue weighted by Gasteiger charge is -2.19. The van der Waals surface area contributed by atoms with Gasteiger partial charge in [0, 0.05) is 24.2 Å². The van der Waals surface area contributed by atoms with Gasteiger partial charge in [-0.05, 0) is 29.2 Å². The van der Waals surface area contributed by atoms with Gasteiger partial charge in [0.15, 0.2) is 0 Å². The number of hydrogen-bond acceptors (Lipinski definition) is 5. The Balaban J connectivity index is 1.33. The van der Waals surface area contributed by atoms with E-state index in [0.717, 1.165) is 22.3 Å². The van der Waals surface area contributed by atoms with Crippen molar-refractivity contribution in [3.8, 4) is 11.1 Å². The first-order valence-electron chi connectivity index (χ1n) is 10.6. The summed E-state index contributed by atoms with van der Waals surface area (Å²) in [5.74, 6) is -1.92. The Kier molecular flexibility index (Phi) is 6.39. The number of imidazole rings is 1. The highest BCUT2D eigenvalue weighted by Crippen LogP contribution is 2.44. The van der Waals surface area contributed by atoms with Crippen molar-refractivity contribution in [2.45, 2.75) is 31.3 Å². The van der Waals surface area contributed by atoms with Gasteiger partial charge < -0.3 is 25.5 Å². The molecular formula is C24H24N4O5. The number of amides is 2. The topological polar surface area (TPSA) is 133 Å². The zero-order valence-electron chi connectivity index (χ0n) is 17.9. The second-order valence-corrected chi connectivity index (χ2v) is 7.87. The zero-order valence-corrected chi connectivity index (χ0v) is 17.9. The van der Waals surface area contributed by atoms with E-state index < -0.39 is 30.1 Å². The van der Waals surface area contributed by atoms with E-state index in [9.17, 15) is 19.5 Å². The van der Waals surface area contributed by atoms with Crippen LogP contribution < -0.4 is 10.6 Å². The van der Waals surface area contributed by atoms with E-state index in [0.29, 0.717) is 5.69 Å². The van der Waals surface area contributed by atoms with Crippen molar-refractivity contribution in [1.29, 1.82) is 0 Å². The van der Waals surface area contributed by atoms with Crippen LogP contribution in [0.1, 0.15) is 29.7 Å². The monoisotopic (exact) mass is 448 g/mol. The van der Waals surface area contributed by atoms with Gasteiger partial charge in [-0.25, -0.2) is 14.6 Å². The molecule has 9 heteroatoms. The Morgan fingerprint density at radius 3 is 2.27 bits per heavy atom. The molecule has 33 heavy (non-hydrogen) atoms. The number of alkyl carbamates (subject to hydrolysis) is 1. The molecule has 3 aromatic rings. The number of carbonyl (C=O) groups is 3. The highest BCUT2D eigenvalue weighted by molar-refractivity contribution is 5.89. The van der Waals surface area contributed by atoms with Crippen molar-refractivity contribution >= 4 is 18.0 Å². The summed E-state index contributed by atoms with van der Waals surface area (Å²) >= 11 is 0. The van der Waals surface area contributed by atoms with Crippen molar-refractivity contribution < 1.29 is 24.2 Å². The third-order valence-corrected chi connectivity index (χ3v) is 5.66. The van der Waals surface area contributed by atoms with Crippen molar-refractivity contribution in [1.82, 2.24) is 20.6 Å². The van der Waals surface area contributed by atoms with E-state index in [4.69, 9.17) is 4.74 Å². The molecule has 1 unspecified atom stereocenters. The fraction of sp³-hybridized carbons (Fsp3) is 0.250. The Hall–Kier alpha value is -4.14. The lowest BCUT2D eigenvalue weighted by Crippen LogP contribution is -2.51. The molecule has 0 spiro atoms. The molecule has 4 rings (SSSR count). The fourth-order valence-electron chi connectivity index (χ4n) is 4.00. The average molecular weight is 448 g/mol. The number of nitrogens with zero attached hydrogens (tertiary/aromatic N) is 1. The Morgan fingerprint density at radius 2 is 1.70 bits per heavy atom. The Bertz CT molecular complexity index is 1120. The van der Waals surface area contributed by atoms with Gasteiger partial charge in [0.2, 0.25) is 5.91 Å². The van der Waals surface area contributed by atoms with Gasteiger partial charge in [-0.3, -0.25) is 4.79 Å². The summed E-state index contributed by atoms with van der Waals surface area (Å²) in [5, 5.41) is 14.3. The highest BCUT2D eigenvalue weighted by atomic mass is 16.5. The van der Waals surface area contributed by atoms with E-state index in [2.05, 4.69) is 20.6 Å². The lowest BCUT2D eigenvalue weighted by molar-refractivity contribution is -0.142. The third kappa shape index (κ3) is 4.87. The third-order valence-electron chi connectivity index (χ3n) is 5.66. The molecule has 0 saturated heterocycles. The van der Waals surface area contributed by atoms with E-state index in [1.807, 2.05) is 48.5 Å². The summed E-state index contributed by atoms with van der Waals surface area (Å²) in [6.07, 6.45) is 2.20. The van der Waals surface area contributed by atoms with Crippen molar-refractivity contribution in [2.75, 3.05) is 6.61 Å². The summed E-state index contributed by atoms with van der Waals surface area (Å²) < 4.78 is 5.44. The lowest BCUT2D eigenvalue weighted by atomic mass is 9.98. The Labute approximate surface area is 190 Å². The van der Waals surface area contributed by atoms with Crippen molar-refractivity contribution in [2.24, 2.45) is 0 Å². The van der Waals surface area contributed by atoms with Crippen LogP contribution in [0.4, 0.5) is 4.79 Å². The van der Waals surface area contributed by atoms with Crippen molar-refractivity contribution in [3.05, 3.63) is 77.9 Å². The van der Waals surface area contributed by atoms with Crippen LogP contribution in [-0.2, 0) is 20.7 Å². The number of benzene rings is 2. The summed E-state index contributed by atoms with van der Waals surface area (Å²) in [6.45, 7) is 1.58. The van der Waals surface area contributed by atoms with Gasteiger partial charge in [-0.15, -0.1) is 0 Å². The van der Waals surface area contributed by atoms with Gasteiger partial charge in [0.25, 0.3) is 0 Å². The predicted molar refractivity (Wildman–Crippen MR) is 120 cm³/mol. The zero-order chi connectivity index (χ0) is 23.4. The molecule has 0 fully saturated rings. The average Bonchev–Trinajstić information content (AvgIpc) is 3.43. The van der Waals surface area contributed by atoms with Crippen LogP contribution in [0.25, 0.3) is 11.1 Å². The summed E-state index contributed by atoms with van der Waals surface area (Å²) in [7, 11) is 0. The molecule has 1 aromatic heterocycles. The summed E-state index contributed by atoms with van der Waals surface area (Å²) in [4.78, 5) is 42.9. The maximum atomic E-state index is 12.4. The molecule has 0 radical (unpaired) electrons. The van der Waals surface area contributed by atoms with Gasteiger partial charge in [0.05, 0.1) is 6.33 Å². The second-order valence-electron chi connectivity index (χ2n) is 7.87. The first kappa shape index (κ1) is 22.1. The number of rotatable bonds is 8. The Morgan fingerprint density at radius 1 is 1.06 bits per heavy atom. The van der Waals surface area contributed by atoms with Crippen LogP contribution in [0, 0.1) is 0 Å². The van der Waals surface area contributed by atoms with E-state index >= 15 is 0 Å². The molecule has 9 nitrogen and oxygen atoms in total. The predicted octanol–water partition coefficient (Wildman–Crippen LogP) is 2.45. The normalized spacial score (nSPS) is 14.0. The number of fused-ring (bicyclic) bond motifs is 3. The van der Waals surface area contributed by atoms with E-state index in [1.165, 1.54) is 19.4 Å². The van der Waals surface area contributed by atoms with E-state index in [-0.39, 0.29) is 18.9 Å². The van der Waals surface area contributed by atoms with Crippen LogP contribution >= 0.6 is 0 Å². The van der Waals surface area contributed by atoms with Gasteiger partial charge in [-0.1, -0.05) is 48.5 Å². The smallest absolute Gasteiger partial charge is 0.407 e. The minimum Gasteiger partial charge on any atom is -0.480 e. The minimum atomic E-state index is -1.19. The number of aliphatic carboxylic acids is 1. The highest BCUT2D eigenvalue weighted by Gasteiger charge is 2.30. The molecule has 4 N–H and O–H groups in total. The van der Waals surface area contributed by atoms with Crippen molar-refractivity contribution in [3.63, 3.8) is 0 Å². The minimum absolute atomic E-state index is 0.0404. The number of ether oxygens (including phenoxy) is 1. The number of aromatic amines is 1. The fourth-order valence-corrected chi connectivity index (χ4v) is 4.00. The van der Waals surface area contributed by atoms with Crippen LogP contribution in [0.3, 0.4) is 0 Å². The molecule has 2 atom stereocenters. The molecule has 1 aliphatic carbocycles. The van der Waals surface area contributed by atoms with E-state index in [1.54, 1.807) is 0 Å². The number of H-pyrrole nitrogens is 1. The number of hydrogen-bond donors (Lipinski definition) is 4. The number of nitrogens with one attached hydrogen (secondary N) is 3. The van der Waals surface area contributed by atoms with Gasteiger partial charge >= 0.3 is 12.1 Å². The van der Waals surface area contributed by atoms with Gasteiger partial charge in [-0.2, -0.15) is 0 Å². The van der Waals surface area contributed by atoms with Crippen LogP contribution in [-0.4, -0.2) is 51.7 Å². The molecule has 2 aromatic carbocycles. The van der Waals surface area contributed by atoms with Crippen LogP contribution in [0.15, 0.2) is 61.1 Å². The molecule has 1 aliphatic rings. The van der Waals surface area contributed by atoms with Gasteiger partial charge in [0.1, 0.15) is 18.7 Å². The van der Waals surface area contributed by atoms with Crippen LogP contribution in [0.5, 0.6) is 0 Å². The molecule has 0 bridgehead atoms. The molecule has 170 valence electrons. The number of carboxylic acid groups (broad SMARTS) is 1. The first-order chi connectivity index (χ1) is 15.9.